The van der Waals surface area contributed by atoms with Gasteiger partial charge >= 0.3 is 6.03 Å². The Morgan fingerprint density at radius 1 is 1.55 bits per heavy atom. The number of likely N-dealkylation sites (tertiary alicyclic amines) is 1. The second kappa shape index (κ2) is 7.04. The van der Waals surface area contributed by atoms with Gasteiger partial charge in [0.05, 0.1) is 10.6 Å². The number of nitrogens with one attached hydrogen (secondary N) is 1. The molecule has 112 valence electrons. The lowest BCUT2D eigenvalue weighted by atomic mass is 9.97. The monoisotopic (exact) mass is 297 g/mol. The SMILES string of the molecule is CO[C@@]1(C)CCCN(C(=O)NCCc2nccs2)CC1. The third-order valence-electron chi connectivity index (χ3n) is 3.92. The molecule has 0 spiro atoms. The zero-order valence-corrected chi connectivity index (χ0v) is 13.0. The Labute approximate surface area is 124 Å². The molecule has 1 aliphatic heterocycles. The smallest absolute Gasteiger partial charge is 0.317 e. The van der Waals surface area contributed by atoms with Crippen molar-refractivity contribution in [3.8, 4) is 0 Å². The summed E-state index contributed by atoms with van der Waals surface area (Å²) < 4.78 is 5.55. The van der Waals surface area contributed by atoms with Gasteiger partial charge in [0.1, 0.15) is 0 Å². The van der Waals surface area contributed by atoms with Gasteiger partial charge in [-0.1, -0.05) is 0 Å². The van der Waals surface area contributed by atoms with Crippen LogP contribution in [0, 0.1) is 0 Å². The second-order valence-corrected chi connectivity index (χ2v) is 6.38. The van der Waals surface area contributed by atoms with Crippen LogP contribution >= 0.6 is 11.3 Å². The third-order valence-corrected chi connectivity index (χ3v) is 4.76. The van der Waals surface area contributed by atoms with Crippen LogP contribution in [-0.4, -0.2) is 48.3 Å². The number of methoxy groups -OCH3 is 1. The Kier molecular flexibility index (Phi) is 5.37. The Bertz CT molecular complexity index is 424. The predicted octanol–water partition coefficient (Wildman–Crippen LogP) is 2.29. The van der Waals surface area contributed by atoms with E-state index in [9.17, 15) is 4.79 Å². The van der Waals surface area contributed by atoms with E-state index in [0.29, 0.717) is 6.54 Å². The molecule has 6 heteroatoms. The molecular formula is C14H23N3O2S. The summed E-state index contributed by atoms with van der Waals surface area (Å²) in [6, 6.07) is 0.0295. The topological polar surface area (TPSA) is 54.5 Å². The molecule has 1 fully saturated rings. The van der Waals surface area contributed by atoms with Gasteiger partial charge in [0.2, 0.25) is 0 Å². The average molecular weight is 297 g/mol. The molecule has 5 nitrogen and oxygen atoms in total. The molecule has 1 aromatic rings. The number of carbonyl (C=O) groups excluding carboxylic acids is 1. The molecule has 20 heavy (non-hydrogen) atoms. The molecule has 1 aromatic heterocycles. The maximum Gasteiger partial charge on any atom is 0.317 e. The van der Waals surface area contributed by atoms with Gasteiger partial charge in [-0.2, -0.15) is 0 Å². The van der Waals surface area contributed by atoms with Gasteiger partial charge in [0.15, 0.2) is 0 Å². The highest BCUT2D eigenvalue weighted by atomic mass is 32.1. The van der Waals surface area contributed by atoms with Gasteiger partial charge in [-0.05, 0) is 26.2 Å². The number of ether oxygens (including phenoxy) is 1. The summed E-state index contributed by atoms with van der Waals surface area (Å²) in [5.74, 6) is 0. The zero-order valence-electron chi connectivity index (χ0n) is 12.2. The van der Waals surface area contributed by atoms with Crippen LogP contribution in [0.3, 0.4) is 0 Å². The first kappa shape index (κ1) is 15.3. The highest BCUT2D eigenvalue weighted by Crippen LogP contribution is 2.24. The molecule has 0 aromatic carbocycles. The standard InChI is InChI=1S/C14H23N3O2S/c1-14(19-2)5-3-9-17(10-6-14)13(18)16-7-4-12-15-8-11-20-12/h8,11H,3-7,9-10H2,1-2H3,(H,16,18)/t14-/m0/s1. The number of urea groups is 1. The van der Waals surface area contributed by atoms with Crippen LogP contribution in [0.25, 0.3) is 0 Å². The third kappa shape index (κ3) is 4.18. The molecular weight excluding hydrogens is 274 g/mol. The van der Waals surface area contributed by atoms with Gasteiger partial charge in [-0.15, -0.1) is 11.3 Å². The number of thiazole rings is 1. The fraction of sp³-hybridized carbons (Fsp3) is 0.714. The number of carbonyl (C=O) groups is 1. The molecule has 2 rings (SSSR count). The van der Waals surface area contributed by atoms with Crippen molar-refractivity contribution < 1.29 is 9.53 Å². The minimum atomic E-state index is -0.0874. The minimum absolute atomic E-state index is 0.0295. The van der Waals surface area contributed by atoms with Crippen LogP contribution in [0.15, 0.2) is 11.6 Å². The Morgan fingerprint density at radius 3 is 3.10 bits per heavy atom. The van der Waals surface area contributed by atoms with Gasteiger partial charge in [-0.25, -0.2) is 9.78 Å². The summed E-state index contributed by atoms with van der Waals surface area (Å²) in [6.45, 7) is 4.33. The van der Waals surface area contributed by atoms with Crippen molar-refractivity contribution in [2.45, 2.75) is 38.2 Å². The Hall–Kier alpha value is -1.14. The van der Waals surface area contributed by atoms with Crippen LogP contribution in [-0.2, 0) is 11.2 Å². The first-order valence-corrected chi connectivity index (χ1v) is 7.97. The maximum atomic E-state index is 12.1. The van der Waals surface area contributed by atoms with E-state index in [1.807, 2.05) is 10.3 Å². The molecule has 0 aliphatic carbocycles. The number of hydrogen-bond acceptors (Lipinski definition) is 4. The van der Waals surface area contributed by atoms with E-state index in [0.717, 1.165) is 43.8 Å². The zero-order chi connectivity index (χ0) is 14.4. The first-order chi connectivity index (χ1) is 9.63. The molecule has 0 saturated carbocycles. The molecule has 1 N–H and O–H groups in total. The number of rotatable bonds is 4. The van der Waals surface area contributed by atoms with Crippen molar-refractivity contribution in [2.24, 2.45) is 0 Å². The molecule has 1 aliphatic rings. The predicted molar refractivity (Wildman–Crippen MR) is 80.1 cm³/mol. The summed E-state index contributed by atoms with van der Waals surface area (Å²) in [6.07, 6.45) is 5.48. The largest absolute Gasteiger partial charge is 0.378 e. The molecule has 0 radical (unpaired) electrons. The average Bonchev–Trinajstić information content (AvgIpc) is 2.87. The van der Waals surface area contributed by atoms with E-state index in [1.54, 1.807) is 24.6 Å². The Balaban J connectivity index is 1.75. The van der Waals surface area contributed by atoms with Crippen LogP contribution in [0.2, 0.25) is 0 Å². The van der Waals surface area contributed by atoms with Gasteiger partial charge in [0.25, 0.3) is 0 Å². The van der Waals surface area contributed by atoms with Gasteiger partial charge in [0, 0.05) is 44.7 Å². The van der Waals surface area contributed by atoms with E-state index in [2.05, 4.69) is 17.2 Å². The van der Waals surface area contributed by atoms with E-state index in [-0.39, 0.29) is 11.6 Å². The van der Waals surface area contributed by atoms with E-state index in [1.165, 1.54) is 0 Å². The van der Waals surface area contributed by atoms with Crippen molar-refractivity contribution in [1.82, 2.24) is 15.2 Å². The molecule has 1 saturated heterocycles. The van der Waals surface area contributed by atoms with Crippen molar-refractivity contribution >= 4 is 17.4 Å². The van der Waals surface area contributed by atoms with Gasteiger partial charge in [-0.3, -0.25) is 0 Å². The van der Waals surface area contributed by atoms with Crippen molar-refractivity contribution in [3.63, 3.8) is 0 Å². The summed E-state index contributed by atoms with van der Waals surface area (Å²) in [5, 5.41) is 6.00. The molecule has 2 amide bonds. The first-order valence-electron chi connectivity index (χ1n) is 7.09. The lowest BCUT2D eigenvalue weighted by Gasteiger charge is -2.26. The fourth-order valence-corrected chi connectivity index (χ4v) is 3.04. The van der Waals surface area contributed by atoms with E-state index >= 15 is 0 Å². The molecule has 1 atom stereocenters. The molecule has 0 bridgehead atoms. The van der Waals surface area contributed by atoms with Crippen LogP contribution < -0.4 is 5.32 Å². The number of nitrogens with zero attached hydrogens (tertiary/aromatic N) is 2. The number of hydrogen-bond donors (Lipinski definition) is 1. The van der Waals surface area contributed by atoms with Crippen LogP contribution in [0.4, 0.5) is 4.79 Å². The molecule has 2 heterocycles. The summed E-state index contributed by atoms with van der Waals surface area (Å²) in [4.78, 5) is 18.2. The summed E-state index contributed by atoms with van der Waals surface area (Å²) in [5.41, 5.74) is -0.0874. The highest BCUT2D eigenvalue weighted by Gasteiger charge is 2.28. The maximum absolute atomic E-state index is 12.1. The lowest BCUT2D eigenvalue weighted by molar-refractivity contribution is -0.00499. The number of aromatic nitrogens is 1. The van der Waals surface area contributed by atoms with Crippen LogP contribution in [0.1, 0.15) is 31.2 Å². The minimum Gasteiger partial charge on any atom is -0.378 e. The number of amides is 2. The Morgan fingerprint density at radius 2 is 2.40 bits per heavy atom. The van der Waals surface area contributed by atoms with E-state index < -0.39 is 0 Å². The fourth-order valence-electron chi connectivity index (χ4n) is 2.42. The molecule has 0 unspecified atom stereocenters. The van der Waals surface area contributed by atoms with Crippen LogP contribution in [0.5, 0.6) is 0 Å². The van der Waals surface area contributed by atoms with E-state index in [4.69, 9.17) is 4.74 Å². The van der Waals surface area contributed by atoms with Crippen molar-refractivity contribution in [3.05, 3.63) is 16.6 Å². The quantitative estimate of drug-likeness (QED) is 0.927. The highest BCUT2D eigenvalue weighted by molar-refractivity contribution is 7.09. The van der Waals surface area contributed by atoms with Crippen molar-refractivity contribution in [1.29, 1.82) is 0 Å². The summed E-state index contributed by atoms with van der Waals surface area (Å²) in [7, 11) is 1.75. The lowest BCUT2D eigenvalue weighted by Crippen LogP contribution is -2.41. The normalized spacial score (nSPS) is 23.4. The summed E-state index contributed by atoms with van der Waals surface area (Å²) >= 11 is 1.62. The van der Waals surface area contributed by atoms with Crippen molar-refractivity contribution in [2.75, 3.05) is 26.7 Å². The van der Waals surface area contributed by atoms with Gasteiger partial charge < -0.3 is 15.0 Å². The second-order valence-electron chi connectivity index (χ2n) is 5.40.